The standard InChI is InChI=1S/C15H27F3O/c1-2-3-4-5-6-10-14(19)12-8-7-9-13(11-12)15(16,17)18/h12-14,19H,2-11H2,1H3. The van der Waals surface area contributed by atoms with Gasteiger partial charge in [0.05, 0.1) is 12.0 Å². The van der Waals surface area contributed by atoms with Crippen molar-refractivity contribution in [3.05, 3.63) is 0 Å². The average molecular weight is 280 g/mol. The summed E-state index contributed by atoms with van der Waals surface area (Å²) in [6, 6.07) is 0. The zero-order valence-electron chi connectivity index (χ0n) is 11.9. The molecule has 0 aromatic heterocycles. The molecule has 0 amide bonds. The third-order valence-electron chi connectivity index (χ3n) is 4.33. The maximum atomic E-state index is 12.7. The molecule has 4 heteroatoms. The van der Waals surface area contributed by atoms with Crippen LogP contribution in [0.2, 0.25) is 0 Å². The topological polar surface area (TPSA) is 20.2 Å². The van der Waals surface area contributed by atoms with Gasteiger partial charge >= 0.3 is 6.18 Å². The molecule has 1 aliphatic carbocycles. The number of alkyl halides is 3. The maximum Gasteiger partial charge on any atom is 0.391 e. The summed E-state index contributed by atoms with van der Waals surface area (Å²) in [5.41, 5.74) is 0. The molecule has 1 fully saturated rings. The van der Waals surface area contributed by atoms with Crippen LogP contribution >= 0.6 is 0 Å². The van der Waals surface area contributed by atoms with E-state index in [4.69, 9.17) is 0 Å². The van der Waals surface area contributed by atoms with E-state index in [0.29, 0.717) is 12.8 Å². The Bertz CT molecular complexity index is 240. The molecule has 0 saturated heterocycles. The number of aliphatic hydroxyl groups is 1. The zero-order chi connectivity index (χ0) is 14.3. The van der Waals surface area contributed by atoms with Crippen LogP contribution in [-0.2, 0) is 0 Å². The van der Waals surface area contributed by atoms with E-state index in [2.05, 4.69) is 6.92 Å². The normalized spacial score (nSPS) is 26.4. The van der Waals surface area contributed by atoms with Crippen LogP contribution in [0.1, 0.15) is 71.1 Å². The average Bonchev–Trinajstić information content (AvgIpc) is 2.37. The van der Waals surface area contributed by atoms with Gasteiger partial charge in [-0.15, -0.1) is 0 Å². The van der Waals surface area contributed by atoms with Crippen molar-refractivity contribution in [3.63, 3.8) is 0 Å². The summed E-state index contributed by atoms with van der Waals surface area (Å²) in [4.78, 5) is 0. The second-order valence-corrected chi connectivity index (χ2v) is 5.94. The Balaban J connectivity index is 2.26. The Morgan fingerprint density at radius 1 is 1.11 bits per heavy atom. The van der Waals surface area contributed by atoms with E-state index < -0.39 is 18.2 Å². The minimum atomic E-state index is -4.08. The zero-order valence-corrected chi connectivity index (χ0v) is 11.9. The first kappa shape index (κ1) is 16.8. The highest BCUT2D eigenvalue weighted by Crippen LogP contribution is 2.41. The van der Waals surface area contributed by atoms with Crippen LogP contribution in [0.4, 0.5) is 13.2 Å². The van der Waals surface area contributed by atoms with E-state index in [1.54, 1.807) is 0 Å². The van der Waals surface area contributed by atoms with Crippen molar-refractivity contribution in [3.8, 4) is 0 Å². The van der Waals surface area contributed by atoms with Crippen LogP contribution in [0, 0.1) is 11.8 Å². The molecule has 1 rings (SSSR count). The van der Waals surface area contributed by atoms with E-state index in [-0.39, 0.29) is 18.8 Å². The molecule has 3 atom stereocenters. The van der Waals surface area contributed by atoms with Gasteiger partial charge in [-0.25, -0.2) is 0 Å². The molecule has 1 aliphatic rings. The summed E-state index contributed by atoms with van der Waals surface area (Å²) in [5, 5.41) is 10.0. The number of aliphatic hydroxyl groups excluding tert-OH is 1. The van der Waals surface area contributed by atoms with Crippen molar-refractivity contribution in [1.82, 2.24) is 0 Å². The third kappa shape index (κ3) is 6.15. The van der Waals surface area contributed by atoms with E-state index in [1.165, 1.54) is 19.3 Å². The quantitative estimate of drug-likeness (QED) is 0.645. The maximum absolute atomic E-state index is 12.7. The Morgan fingerprint density at radius 3 is 2.42 bits per heavy atom. The number of hydrogen-bond donors (Lipinski definition) is 1. The molecule has 1 N–H and O–H groups in total. The molecule has 1 saturated carbocycles. The van der Waals surface area contributed by atoms with Crippen LogP contribution in [-0.4, -0.2) is 17.4 Å². The van der Waals surface area contributed by atoms with Crippen molar-refractivity contribution >= 4 is 0 Å². The Hall–Kier alpha value is -0.250. The lowest BCUT2D eigenvalue weighted by molar-refractivity contribution is -0.188. The van der Waals surface area contributed by atoms with Gasteiger partial charge in [-0.05, 0) is 31.6 Å². The first-order chi connectivity index (χ1) is 8.95. The Labute approximate surface area is 114 Å². The van der Waals surface area contributed by atoms with Crippen LogP contribution in [0.25, 0.3) is 0 Å². The van der Waals surface area contributed by atoms with Gasteiger partial charge in [0.15, 0.2) is 0 Å². The molecule has 3 unspecified atom stereocenters. The predicted molar refractivity (Wildman–Crippen MR) is 70.9 cm³/mol. The van der Waals surface area contributed by atoms with Crippen LogP contribution in [0.5, 0.6) is 0 Å². The molecule has 19 heavy (non-hydrogen) atoms. The van der Waals surface area contributed by atoms with Gasteiger partial charge in [-0.3, -0.25) is 0 Å². The molecule has 1 nitrogen and oxygen atoms in total. The highest BCUT2D eigenvalue weighted by Gasteiger charge is 2.43. The van der Waals surface area contributed by atoms with E-state index in [0.717, 1.165) is 19.3 Å². The third-order valence-corrected chi connectivity index (χ3v) is 4.33. The smallest absolute Gasteiger partial charge is 0.391 e. The summed E-state index contributed by atoms with van der Waals surface area (Å²) in [6.07, 6.45) is 3.33. The van der Waals surface area contributed by atoms with E-state index in [1.807, 2.05) is 0 Å². The summed E-state index contributed by atoms with van der Waals surface area (Å²) in [5.74, 6) is -1.34. The van der Waals surface area contributed by atoms with Crippen LogP contribution in [0.3, 0.4) is 0 Å². The van der Waals surface area contributed by atoms with Gasteiger partial charge < -0.3 is 5.11 Å². The van der Waals surface area contributed by atoms with Crippen molar-refractivity contribution < 1.29 is 18.3 Å². The monoisotopic (exact) mass is 280 g/mol. The van der Waals surface area contributed by atoms with Gasteiger partial charge in [-0.2, -0.15) is 13.2 Å². The fraction of sp³-hybridized carbons (Fsp3) is 1.00. The second-order valence-electron chi connectivity index (χ2n) is 5.94. The predicted octanol–water partition coefficient (Wildman–Crippen LogP) is 5.08. The van der Waals surface area contributed by atoms with Gasteiger partial charge in [0, 0.05) is 0 Å². The Morgan fingerprint density at radius 2 is 1.79 bits per heavy atom. The summed E-state index contributed by atoms with van der Waals surface area (Å²) < 4.78 is 38.1. The highest BCUT2D eigenvalue weighted by molar-refractivity contribution is 4.81. The highest BCUT2D eigenvalue weighted by atomic mass is 19.4. The Kier molecular flexibility index (Phi) is 7.19. The summed E-state index contributed by atoms with van der Waals surface area (Å²) in [6.45, 7) is 2.15. The molecule has 0 aromatic carbocycles. The van der Waals surface area contributed by atoms with Gasteiger partial charge in [0.1, 0.15) is 0 Å². The minimum Gasteiger partial charge on any atom is -0.393 e. The number of hydrogen-bond acceptors (Lipinski definition) is 1. The molecule has 114 valence electrons. The fourth-order valence-corrected chi connectivity index (χ4v) is 3.07. The molecule has 0 heterocycles. The van der Waals surface area contributed by atoms with E-state index in [9.17, 15) is 18.3 Å². The SMILES string of the molecule is CCCCCCCC(O)C1CCCC(C(F)(F)F)C1. The van der Waals surface area contributed by atoms with E-state index >= 15 is 0 Å². The van der Waals surface area contributed by atoms with Crippen molar-refractivity contribution in [2.24, 2.45) is 11.8 Å². The van der Waals surface area contributed by atoms with Crippen LogP contribution < -0.4 is 0 Å². The lowest BCUT2D eigenvalue weighted by atomic mass is 9.77. The van der Waals surface area contributed by atoms with Crippen molar-refractivity contribution in [2.45, 2.75) is 83.4 Å². The lowest BCUT2D eigenvalue weighted by Gasteiger charge is -2.33. The van der Waals surface area contributed by atoms with Gasteiger partial charge in [0.2, 0.25) is 0 Å². The van der Waals surface area contributed by atoms with Crippen molar-refractivity contribution in [2.75, 3.05) is 0 Å². The fourth-order valence-electron chi connectivity index (χ4n) is 3.07. The molecular formula is C15H27F3O. The molecular weight excluding hydrogens is 253 g/mol. The summed E-state index contributed by atoms with van der Waals surface area (Å²) >= 11 is 0. The minimum absolute atomic E-state index is 0.125. The summed E-state index contributed by atoms with van der Waals surface area (Å²) in [7, 11) is 0. The molecule has 0 aliphatic heterocycles. The number of halogens is 3. The number of unbranched alkanes of at least 4 members (excludes halogenated alkanes) is 4. The second kappa shape index (κ2) is 8.13. The van der Waals surface area contributed by atoms with Crippen LogP contribution in [0.15, 0.2) is 0 Å². The molecule has 0 aromatic rings. The van der Waals surface area contributed by atoms with Gasteiger partial charge in [-0.1, -0.05) is 45.4 Å². The first-order valence-electron chi connectivity index (χ1n) is 7.70. The first-order valence-corrected chi connectivity index (χ1v) is 7.70. The number of rotatable bonds is 7. The molecule has 0 radical (unpaired) electrons. The van der Waals surface area contributed by atoms with Crippen molar-refractivity contribution in [1.29, 1.82) is 0 Å². The molecule has 0 bridgehead atoms. The largest absolute Gasteiger partial charge is 0.393 e. The lowest BCUT2D eigenvalue weighted by Crippen LogP contribution is -2.33. The molecule has 0 spiro atoms. The van der Waals surface area contributed by atoms with Gasteiger partial charge in [0.25, 0.3) is 0 Å².